The molecule has 0 saturated heterocycles. The van der Waals surface area contributed by atoms with Gasteiger partial charge in [-0.3, -0.25) is 4.79 Å². The lowest BCUT2D eigenvalue weighted by molar-refractivity contribution is -0.118. The number of carbonyl (C=O) groups is 1. The zero-order valence-electron chi connectivity index (χ0n) is 10.6. The van der Waals surface area contributed by atoms with E-state index in [1.807, 2.05) is 26.0 Å². The Hall–Kier alpha value is -1.55. The first-order valence-corrected chi connectivity index (χ1v) is 5.79. The van der Waals surface area contributed by atoms with Crippen LogP contribution in [0, 0.1) is 5.92 Å². The van der Waals surface area contributed by atoms with Crippen LogP contribution in [-0.4, -0.2) is 19.1 Å². The monoisotopic (exact) mass is 236 g/mol. The van der Waals surface area contributed by atoms with Crippen LogP contribution in [-0.2, 0) is 4.79 Å². The summed E-state index contributed by atoms with van der Waals surface area (Å²) in [6.45, 7) is 3.98. The van der Waals surface area contributed by atoms with Crippen molar-refractivity contribution in [1.82, 2.24) is 0 Å². The number of benzene rings is 1. The van der Waals surface area contributed by atoms with Crippen LogP contribution in [0.25, 0.3) is 0 Å². The van der Waals surface area contributed by atoms with Gasteiger partial charge in [-0.05, 0) is 18.1 Å². The van der Waals surface area contributed by atoms with E-state index in [1.54, 1.807) is 19.2 Å². The molecule has 0 fully saturated rings. The Morgan fingerprint density at radius 3 is 2.71 bits per heavy atom. The second-order valence-corrected chi connectivity index (χ2v) is 4.10. The quantitative estimate of drug-likeness (QED) is 0.822. The van der Waals surface area contributed by atoms with Crippen LogP contribution in [0.2, 0.25) is 0 Å². The second kappa shape index (κ2) is 6.25. The van der Waals surface area contributed by atoms with Gasteiger partial charge >= 0.3 is 0 Å². The third-order valence-corrected chi connectivity index (χ3v) is 2.92. The van der Waals surface area contributed by atoms with E-state index in [-0.39, 0.29) is 11.8 Å². The van der Waals surface area contributed by atoms with Crippen molar-refractivity contribution in [3.63, 3.8) is 0 Å². The fourth-order valence-electron chi connectivity index (χ4n) is 1.48. The fraction of sp³-hybridized carbons (Fsp3) is 0.462. The van der Waals surface area contributed by atoms with Gasteiger partial charge in [-0.2, -0.15) is 0 Å². The summed E-state index contributed by atoms with van der Waals surface area (Å²) in [5, 5.41) is 2.79. The molecule has 4 nitrogen and oxygen atoms in total. The Labute approximate surface area is 102 Å². The minimum Gasteiger partial charge on any atom is -0.495 e. The topological polar surface area (TPSA) is 64.4 Å². The second-order valence-electron chi connectivity index (χ2n) is 4.10. The number of amides is 1. The number of anilines is 1. The predicted molar refractivity (Wildman–Crippen MR) is 69.1 cm³/mol. The van der Waals surface area contributed by atoms with Gasteiger partial charge in [0, 0.05) is 0 Å². The standard InChI is InChI=1S/C13H20N2O2/c1-4-9(2)12(14)13(16)15-10-7-5-6-8-11(10)17-3/h5-9,12H,4,14H2,1-3H3,(H,15,16). The van der Waals surface area contributed by atoms with Crippen LogP contribution in [0.4, 0.5) is 5.69 Å². The fourth-order valence-corrected chi connectivity index (χ4v) is 1.48. The van der Waals surface area contributed by atoms with E-state index in [0.717, 1.165) is 6.42 Å². The molecule has 2 unspecified atom stereocenters. The molecule has 0 heterocycles. The van der Waals surface area contributed by atoms with E-state index in [9.17, 15) is 4.79 Å². The van der Waals surface area contributed by atoms with Gasteiger partial charge in [-0.25, -0.2) is 0 Å². The van der Waals surface area contributed by atoms with Crippen LogP contribution in [0.5, 0.6) is 5.75 Å². The lowest BCUT2D eigenvalue weighted by Crippen LogP contribution is -2.40. The van der Waals surface area contributed by atoms with E-state index in [1.165, 1.54) is 0 Å². The van der Waals surface area contributed by atoms with E-state index >= 15 is 0 Å². The van der Waals surface area contributed by atoms with Crippen molar-refractivity contribution in [2.24, 2.45) is 11.7 Å². The molecule has 0 aromatic heterocycles. The van der Waals surface area contributed by atoms with Crippen molar-refractivity contribution in [2.45, 2.75) is 26.3 Å². The molecule has 1 aromatic rings. The summed E-state index contributed by atoms with van der Waals surface area (Å²) in [5.41, 5.74) is 6.51. The number of ether oxygens (including phenoxy) is 1. The summed E-state index contributed by atoms with van der Waals surface area (Å²) < 4.78 is 5.16. The van der Waals surface area contributed by atoms with Gasteiger partial charge in [0.05, 0.1) is 18.8 Å². The highest BCUT2D eigenvalue weighted by Crippen LogP contribution is 2.23. The van der Waals surface area contributed by atoms with Crippen LogP contribution in [0.15, 0.2) is 24.3 Å². The molecule has 4 heteroatoms. The summed E-state index contributed by atoms with van der Waals surface area (Å²) in [5.74, 6) is 0.616. The van der Waals surface area contributed by atoms with Gasteiger partial charge in [0.25, 0.3) is 0 Å². The Morgan fingerprint density at radius 2 is 2.12 bits per heavy atom. The van der Waals surface area contributed by atoms with Gasteiger partial charge in [-0.15, -0.1) is 0 Å². The third-order valence-electron chi connectivity index (χ3n) is 2.92. The van der Waals surface area contributed by atoms with Gasteiger partial charge in [-0.1, -0.05) is 32.4 Å². The first kappa shape index (κ1) is 13.5. The highest BCUT2D eigenvalue weighted by Gasteiger charge is 2.20. The maximum Gasteiger partial charge on any atom is 0.241 e. The average molecular weight is 236 g/mol. The third kappa shape index (κ3) is 3.46. The molecule has 94 valence electrons. The molecule has 0 saturated carbocycles. The molecule has 3 N–H and O–H groups in total. The van der Waals surface area contributed by atoms with Crippen molar-refractivity contribution in [3.05, 3.63) is 24.3 Å². The van der Waals surface area contributed by atoms with Crippen molar-refractivity contribution in [3.8, 4) is 5.75 Å². The number of nitrogens with two attached hydrogens (primary N) is 1. The van der Waals surface area contributed by atoms with Crippen LogP contribution in [0.3, 0.4) is 0 Å². The minimum atomic E-state index is -0.495. The smallest absolute Gasteiger partial charge is 0.241 e. The van der Waals surface area contributed by atoms with Crippen LogP contribution >= 0.6 is 0 Å². The molecule has 2 atom stereocenters. The van der Waals surface area contributed by atoms with Crippen molar-refractivity contribution >= 4 is 11.6 Å². The molecule has 1 amide bonds. The molecule has 0 bridgehead atoms. The van der Waals surface area contributed by atoms with Crippen molar-refractivity contribution in [2.75, 3.05) is 12.4 Å². The van der Waals surface area contributed by atoms with Gasteiger partial charge in [0.1, 0.15) is 5.75 Å². The zero-order valence-corrected chi connectivity index (χ0v) is 10.6. The zero-order chi connectivity index (χ0) is 12.8. The molecule has 0 radical (unpaired) electrons. The lowest BCUT2D eigenvalue weighted by Gasteiger charge is -2.18. The molecule has 0 spiro atoms. The molecule has 17 heavy (non-hydrogen) atoms. The van der Waals surface area contributed by atoms with Gasteiger partial charge in [0.15, 0.2) is 0 Å². The first-order valence-electron chi connectivity index (χ1n) is 5.79. The Kier molecular flexibility index (Phi) is 4.97. The maximum absolute atomic E-state index is 11.9. The number of nitrogens with one attached hydrogen (secondary N) is 1. The predicted octanol–water partition coefficient (Wildman–Crippen LogP) is 2.01. The Bertz CT molecular complexity index is 379. The lowest BCUT2D eigenvalue weighted by atomic mass is 9.99. The van der Waals surface area contributed by atoms with Crippen molar-refractivity contribution in [1.29, 1.82) is 0 Å². The number of hydrogen-bond donors (Lipinski definition) is 2. The van der Waals surface area contributed by atoms with E-state index in [0.29, 0.717) is 11.4 Å². The molecule has 0 aliphatic rings. The molecule has 0 aliphatic heterocycles. The normalized spacial score (nSPS) is 13.9. The SMILES string of the molecule is CCC(C)C(N)C(=O)Nc1ccccc1OC. The van der Waals surface area contributed by atoms with E-state index in [4.69, 9.17) is 10.5 Å². The number of carbonyl (C=O) groups excluding carboxylic acids is 1. The minimum absolute atomic E-state index is 0.157. The maximum atomic E-state index is 11.9. The van der Waals surface area contributed by atoms with Crippen molar-refractivity contribution < 1.29 is 9.53 Å². The highest BCUT2D eigenvalue weighted by atomic mass is 16.5. The largest absolute Gasteiger partial charge is 0.495 e. The molecule has 0 aliphatic carbocycles. The molecular weight excluding hydrogens is 216 g/mol. The highest BCUT2D eigenvalue weighted by molar-refractivity contribution is 5.96. The Balaban J connectivity index is 2.74. The van der Waals surface area contributed by atoms with Gasteiger partial charge < -0.3 is 15.8 Å². The van der Waals surface area contributed by atoms with Crippen LogP contribution in [0.1, 0.15) is 20.3 Å². The summed E-state index contributed by atoms with van der Waals surface area (Å²) in [6.07, 6.45) is 0.876. The number of hydrogen-bond acceptors (Lipinski definition) is 3. The number of rotatable bonds is 5. The van der Waals surface area contributed by atoms with E-state index in [2.05, 4.69) is 5.32 Å². The van der Waals surface area contributed by atoms with Crippen LogP contribution < -0.4 is 15.8 Å². The first-order chi connectivity index (χ1) is 8.10. The molecular formula is C13H20N2O2. The van der Waals surface area contributed by atoms with E-state index < -0.39 is 6.04 Å². The molecule has 1 rings (SSSR count). The summed E-state index contributed by atoms with van der Waals surface area (Å²) in [6, 6.07) is 6.78. The summed E-state index contributed by atoms with van der Waals surface area (Å²) in [4.78, 5) is 11.9. The number of methoxy groups -OCH3 is 1. The average Bonchev–Trinajstić information content (AvgIpc) is 2.37. The Morgan fingerprint density at radius 1 is 1.47 bits per heavy atom. The number of para-hydroxylation sites is 2. The molecule has 1 aromatic carbocycles. The summed E-state index contributed by atoms with van der Waals surface area (Å²) in [7, 11) is 1.57. The van der Waals surface area contributed by atoms with Gasteiger partial charge in [0.2, 0.25) is 5.91 Å². The summed E-state index contributed by atoms with van der Waals surface area (Å²) >= 11 is 0.